The van der Waals surface area contributed by atoms with Crippen LogP contribution in [0.3, 0.4) is 0 Å². The number of aromatic nitrogens is 3. The number of thiophene rings is 1. The van der Waals surface area contributed by atoms with Crippen molar-refractivity contribution in [2.45, 2.75) is 49.7 Å². The highest BCUT2D eigenvalue weighted by Gasteiger charge is 2.22. The third-order valence-corrected chi connectivity index (χ3v) is 6.56. The summed E-state index contributed by atoms with van der Waals surface area (Å²) in [6.07, 6.45) is 6.86. The number of hydrogen-bond donors (Lipinski definition) is 0. The van der Waals surface area contributed by atoms with E-state index in [0.717, 1.165) is 30.2 Å². The Kier molecular flexibility index (Phi) is 5.94. The minimum atomic E-state index is 0.190. The summed E-state index contributed by atoms with van der Waals surface area (Å²) in [5.41, 5.74) is 0. The molecule has 130 valence electrons. The molecular weight excluding hydrogens is 340 g/mol. The highest BCUT2D eigenvalue weighted by atomic mass is 32.2. The lowest BCUT2D eigenvalue weighted by molar-refractivity contribution is -0.129. The molecule has 3 rings (SSSR count). The molecule has 0 saturated heterocycles. The van der Waals surface area contributed by atoms with Crippen LogP contribution < -0.4 is 0 Å². The van der Waals surface area contributed by atoms with E-state index in [4.69, 9.17) is 0 Å². The number of carbonyl (C=O) groups excluding carboxylic acids is 1. The van der Waals surface area contributed by atoms with Gasteiger partial charge in [0.1, 0.15) is 5.82 Å². The van der Waals surface area contributed by atoms with Crippen LogP contribution in [0.4, 0.5) is 0 Å². The molecular formula is C17H24N4OS2. The SMILES string of the molecule is CN(C(=O)CSc1nnc(Cc2cccs2)n1C)C1CCCCC1. The molecule has 0 bridgehead atoms. The van der Waals surface area contributed by atoms with Gasteiger partial charge in [-0.05, 0) is 24.3 Å². The van der Waals surface area contributed by atoms with Gasteiger partial charge in [-0.15, -0.1) is 21.5 Å². The number of rotatable bonds is 6. The van der Waals surface area contributed by atoms with Crippen molar-refractivity contribution >= 4 is 29.0 Å². The smallest absolute Gasteiger partial charge is 0.233 e. The van der Waals surface area contributed by atoms with Crippen molar-refractivity contribution in [2.75, 3.05) is 12.8 Å². The Bertz CT molecular complexity index is 662. The zero-order valence-corrected chi connectivity index (χ0v) is 15.9. The Labute approximate surface area is 151 Å². The van der Waals surface area contributed by atoms with Gasteiger partial charge in [-0.1, -0.05) is 37.1 Å². The molecule has 24 heavy (non-hydrogen) atoms. The maximum atomic E-state index is 12.4. The average molecular weight is 365 g/mol. The standard InChI is InChI=1S/C17H24N4OS2/c1-20(13-7-4-3-5-8-13)16(22)12-24-17-19-18-15(21(17)2)11-14-9-6-10-23-14/h6,9-10,13H,3-5,7-8,11-12H2,1-2H3. The molecule has 2 aromatic rings. The fourth-order valence-electron chi connectivity index (χ4n) is 3.09. The number of hydrogen-bond acceptors (Lipinski definition) is 5. The van der Waals surface area contributed by atoms with E-state index in [1.807, 2.05) is 29.6 Å². The van der Waals surface area contributed by atoms with Crippen LogP contribution in [0.1, 0.15) is 42.8 Å². The van der Waals surface area contributed by atoms with Gasteiger partial charge >= 0.3 is 0 Å². The quantitative estimate of drug-likeness (QED) is 0.738. The van der Waals surface area contributed by atoms with Gasteiger partial charge in [-0.2, -0.15) is 0 Å². The zero-order chi connectivity index (χ0) is 16.9. The van der Waals surface area contributed by atoms with Gasteiger partial charge in [0.25, 0.3) is 0 Å². The van der Waals surface area contributed by atoms with Crippen molar-refractivity contribution in [3.05, 3.63) is 28.2 Å². The van der Waals surface area contributed by atoms with Crippen LogP contribution in [0.5, 0.6) is 0 Å². The number of nitrogens with zero attached hydrogens (tertiary/aromatic N) is 4. The maximum Gasteiger partial charge on any atom is 0.233 e. The second kappa shape index (κ2) is 8.16. The predicted octanol–water partition coefficient (Wildman–Crippen LogP) is 3.35. The average Bonchev–Trinajstić information content (AvgIpc) is 3.24. The molecule has 7 heteroatoms. The molecule has 0 N–H and O–H groups in total. The molecule has 2 aromatic heterocycles. The Morgan fingerprint density at radius 2 is 2.17 bits per heavy atom. The molecule has 1 amide bonds. The van der Waals surface area contributed by atoms with E-state index in [2.05, 4.69) is 21.6 Å². The molecule has 1 aliphatic rings. The molecule has 0 aliphatic heterocycles. The molecule has 0 radical (unpaired) electrons. The van der Waals surface area contributed by atoms with Crippen LogP contribution in [0.15, 0.2) is 22.7 Å². The molecule has 0 aromatic carbocycles. The molecule has 1 saturated carbocycles. The van der Waals surface area contributed by atoms with Crippen molar-refractivity contribution in [1.29, 1.82) is 0 Å². The number of thioether (sulfide) groups is 1. The predicted molar refractivity (Wildman–Crippen MR) is 98.5 cm³/mol. The van der Waals surface area contributed by atoms with E-state index in [1.165, 1.54) is 35.9 Å². The first-order valence-corrected chi connectivity index (χ1v) is 10.3. The van der Waals surface area contributed by atoms with Crippen LogP contribution >= 0.6 is 23.1 Å². The van der Waals surface area contributed by atoms with Crippen molar-refractivity contribution in [1.82, 2.24) is 19.7 Å². The van der Waals surface area contributed by atoms with E-state index >= 15 is 0 Å². The third-order valence-electron chi connectivity index (χ3n) is 4.68. The van der Waals surface area contributed by atoms with Crippen LogP contribution in [0.2, 0.25) is 0 Å². The first-order chi connectivity index (χ1) is 11.6. The highest BCUT2D eigenvalue weighted by Crippen LogP contribution is 2.23. The molecule has 1 aliphatic carbocycles. The Balaban J connectivity index is 1.54. The van der Waals surface area contributed by atoms with Crippen LogP contribution in [0.25, 0.3) is 0 Å². The summed E-state index contributed by atoms with van der Waals surface area (Å²) in [5, 5.41) is 11.4. The van der Waals surface area contributed by atoms with Gasteiger partial charge in [0.05, 0.1) is 5.75 Å². The third kappa shape index (κ3) is 4.19. The summed E-state index contributed by atoms with van der Waals surface area (Å²) in [6, 6.07) is 4.57. The highest BCUT2D eigenvalue weighted by molar-refractivity contribution is 7.99. The Morgan fingerprint density at radius 1 is 1.38 bits per heavy atom. The fourth-order valence-corrected chi connectivity index (χ4v) is 4.65. The summed E-state index contributed by atoms with van der Waals surface area (Å²) in [5.74, 6) is 1.56. The van der Waals surface area contributed by atoms with Crippen LogP contribution in [-0.4, -0.2) is 44.4 Å². The van der Waals surface area contributed by atoms with Crippen LogP contribution in [0, 0.1) is 0 Å². The van der Waals surface area contributed by atoms with Gasteiger partial charge in [0.2, 0.25) is 5.91 Å². The van der Waals surface area contributed by atoms with Crippen LogP contribution in [-0.2, 0) is 18.3 Å². The number of carbonyl (C=O) groups is 1. The second-order valence-corrected chi connectivity index (χ2v) is 8.27. The summed E-state index contributed by atoms with van der Waals surface area (Å²) < 4.78 is 2.00. The summed E-state index contributed by atoms with van der Waals surface area (Å²) in [7, 11) is 3.92. The minimum Gasteiger partial charge on any atom is -0.342 e. The minimum absolute atomic E-state index is 0.190. The summed E-state index contributed by atoms with van der Waals surface area (Å²) >= 11 is 3.21. The topological polar surface area (TPSA) is 51.0 Å². The van der Waals surface area contributed by atoms with Gasteiger partial charge in [0, 0.05) is 31.4 Å². The normalized spacial score (nSPS) is 15.6. The van der Waals surface area contributed by atoms with E-state index in [0.29, 0.717) is 11.8 Å². The largest absolute Gasteiger partial charge is 0.342 e. The molecule has 0 unspecified atom stereocenters. The van der Waals surface area contributed by atoms with E-state index in [1.54, 1.807) is 11.3 Å². The van der Waals surface area contributed by atoms with E-state index in [9.17, 15) is 4.79 Å². The van der Waals surface area contributed by atoms with Crippen molar-refractivity contribution in [3.8, 4) is 0 Å². The molecule has 1 fully saturated rings. The maximum absolute atomic E-state index is 12.4. The van der Waals surface area contributed by atoms with Gasteiger partial charge in [-0.3, -0.25) is 4.79 Å². The fraction of sp³-hybridized carbons (Fsp3) is 0.588. The Morgan fingerprint density at radius 3 is 2.88 bits per heavy atom. The van der Waals surface area contributed by atoms with E-state index in [-0.39, 0.29) is 5.91 Å². The lowest BCUT2D eigenvalue weighted by Gasteiger charge is -2.31. The van der Waals surface area contributed by atoms with Crippen molar-refractivity contribution in [2.24, 2.45) is 7.05 Å². The van der Waals surface area contributed by atoms with Crippen molar-refractivity contribution < 1.29 is 4.79 Å². The van der Waals surface area contributed by atoms with E-state index < -0.39 is 0 Å². The monoisotopic (exact) mass is 364 g/mol. The molecule has 0 atom stereocenters. The van der Waals surface area contributed by atoms with Gasteiger partial charge < -0.3 is 9.47 Å². The second-order valence-electron chi connectivity index (χ2n) is 6.30. The lowest BCUT2D eigenvalue weighted by atomic mass is 9.94. The summed E-state index contributed by atoms with van der Waals surface area (Å²) in [4.78, 5) is 15.7. The molecule has 5 nitrogen and oxygen atoms in total. The number of amides is 1. The summed E-state index contributed by atoms with van der Waals surface area (Å²) in [6.45, 7) is 0. The lowest BCUT2D eigenvalue weighted by Crippen LogP contribution is -2.39. The first-order valence-electron chi connectivity index (χ1n) is 8.44. The first kappa shape index (κ1) is 17.5. The van der Waals surface area contributed by atoms with Crippen molar-refractivity contribution in [3.63, 3.8) is 0 Å². The molecule has 2 heterocycles. The van der Waals surface area contributed by atoms with Gasteiger partial charge in [-0.25, -0.2) is 0 Å². The Hall–Kier alpha value is -1.34. The molecule has 0 spiro atoms. The van der Waals surface area contributed by atoms with Gasteiger partial charge in [0.15, 0.2) is 5.16 Å². The zero-order valence-electron chi connectivity index (χ0n) is 14.3.